The van der Waals surface area contributed by atoms with E-state index in [1.54, 1.807) is 24.3 Å². The molecule has 0 fully saturated rings. The van der Waals surface area contributed by atoms with E-state index in [4.69, 9.17) is 17.2 Å². The zero-order valence-electron chi connectivity index (χ0n) is 4.63. The molecule has 0 aromatic carbocycles. The van der Waals surface area contributed by atoms with Gasteiger partial charge in [-0.3, -0.25) is 0 Å². The molecule has 0 bridgehead atoms. The van der Waals surface area contributed by atoms with Gasteiger partial charge in [-0.1, -0.05) is 0 Å². The van der Waals surface area contributed by atoms with Crippen LogP contribution in [-0.2, 0) is 0 Å². The maximum atomic E-state index is 7.08. The summed E-state index contributed by atoms with van der Waals surface area (Å²) in [6.07, 6.45) is 6.66. The average Bonchev–Trinajstić information content (AvgIpc) is 1.90. The number of halogens is 1. The molecule has 0 radical (unpaired) electrons. The van der Waals surface area contributed by atoms with E-state index in [-0.39, 0.29) is 0 Å². The summed E-state index contributed by atoms with van der Waals surface area (Å²) >= 11 is 5.14. The molecular formula is C6H5ClN2. The molecule has 3 heteroatoms. The Morgan fingerprint density at radius 2 is 1.78 bits per heavy atom. The molecule has 0 aromatic rings. The van der Waals surface area contributed by atoms with Crippen LogP contribution in [0.2, 0.25) is 0 Å². The first kappa shape index (κ1) is 6.23. The fraction of sp³-hybridized carbons (Fsp3) is 0. The fourth-order valence-corrected chi connectivity index (χ4v) is 0.630. The van der Waals surface area contributed by atoms with Gasteiger partial charge in [0.15, 0.2) is 0 Å². The second kappa shape index (κ2) is 2.60. The van der Waals surface area contributed by atoms with Crippen LogP contribution < -0.4 is 0 Å². The van der Waals surface area contributed by atoms with Crippen molar-refractivity contribution in [2.75, 3.05) is 0 Å². The van der Waals surface area contributed by atoms with Crippen LogP contribution in [-0.4, -0.2) is 11.4 Å². The molecule has 1 aliphatic carbocycles. The summed E-state index contributed by atoms with van der Waals surface area (Å²) in [6, 6.07) is 0. The minimum atomic E-state index is 0.471. The van der Waals surface area contributed by atoms with Gasteiger partial charge < -0.3 is 5.41 Å². The predicted molar refractivity (Wildman–Crippen MR) is 39.3 cm³/mol. The van der Waals surface area contributed by atoms with Crippen molar-refractivity contribution in [3.63, 3.8) is 0 Å². The Balaban J connectivity index is 2.82. The summed E-state index contributed by atoms with van der Waals surface area (Å²) in [5.74, 6) is 0. The highest BCUT2D eigenvalue weighted by Crippen LogP contribution is 1.96. The molecular weight excluding hydrogens is 136 g/mol. The smallest absolute Gasteiger partial charge is 0.0778 e. The van der Waals surface area contributed by atoms with E-state index in [1.165, 1.54) is 0 Å². The molecule has 46 valence electrons. The van der Waals surface area contributed by atoms with Crippen LogP contribution in [0.3, 0.4) is 0 Å². The van der Waals surface area contributed by atoms with Crippen molar-refractivity contribution in [3.05, 3.63) is 24.3 Å². The Bertz CT molecular complexity index is 195. The number of hydrogen-bond acceptors (Lipinski definition) is 2. The summed E-state index contributed by atoms with van der Waals surface area (Å²) in [4.78, 5) is 0. The third-order valence-corrected chi connectivity index (χ3v) is 1.16. The second-order valence-electron chi connectivity index (χ2n) is 1.63. The topological polar surface area (TPSA) is 36.2 Å². The number of nitrogens with zero attached hydrogens (tertiary/aromatic N) is 1. The summed E-state index contributed by atoms with van der Waals surface area (Å²) in [5.41, 5.74) is 1.16. The van der Waals surface area contributed by atoms with E-state index in [1.807, 2.05) is 0 Å². The summed E-state index contributed by atoms with van der Waals surface area (Å²) < 4.78 is 3.40. The van der Waals surface area contributed by atoms with Crippen molar-refractivity contribution in [3.8, 4) is 0 Å². The van der Waals surface area contributed by atoms with Crippen molar-refractivity contribution < 1.29 is 0 Å². The lowest BCUT2D eigenvalue weighted by atomic mass is 10.2. The van der Waals surface area contributed by atoms with Crippen LogP contribution in [0, 0.1) is 5.41 Å². The average molecular weight is 141 g/mol. The van der Waals surface area contributed by atoms with Gasteiger partial charge in [0.25, 0.3) is 0 Å². The van der Waals surface area contributed by atoms with Gasteiger partial charge in [-0.2, -0.15) is 4.51 Å². The van der Waals surface area contributed by atoms with Gasteiger partial charge in [0.1, 0.15) is 0 Å². The van der Waals surface area contributed by atoms with Crippen LogP contribution in [0.1, 0.15) is 0 Å². The van der Waals surface area contributed by atoms with Crippen LogP contribution in [0.15, 0.2) is 28.8 Å². The highest BCUT2D eigenvalue weighted by molar-refractivity contribution is 6.26. The number of allylic oxidation sites excluding steroid dienone is 4. The van der Waals surface area contributed by atoms with Gasteiger partial charge in [-0.05, 0) is 24.3 Å². The Morgan fingerprint density at radius 1 is 1.22 bits per heavy atom. The molecule has 0 aromatic heterocycles. The monoisotopic (exact) mass is 140 g/mol. The molecule has 0 heterocycles. The minimum absolute atomic E-state index is 0.471. The van der Waals surface area contributed by atoms with Crippen LogP contribution >= 0.6 is 11.8 Å². The maximum absolute atomic E-state index is 7.08. The van der Waals surface area contributed by atoms with Crippen LogP contribution in [0.4, 0.5) is 0 Å². The summed E-state index contributed by atoms with van der Waals surface area (Å²) in [5, 5.41) is 7.08. The Labute approximate surface area is 58.2 Å². The number of nitrogens with one attached hydrogen (secondary N) is 1. The Morgan fingerprint density at radius 3 is 2.22 bits per heavy atom. The molecule has 0 spiro atoms. The quantitative estimate of drug-likeness (QED) is 0.498. The van der Waals surface area contributed by atoms with E-state index in [0.717, 1.165) is 0 Å². The van der Waals surface area contributed by atoms with Crippen LogP contribution in [0.25, 0.3) is 0 Å². The Kier molecular flexibility index (Phi) is 1.80. The highest BCUT2D eigenvalue weighted by atomic mass is 35.5. The summed E-state index contributed by atoms with van der Waals surface area (Å²) in [7, 11) is 0. The fourth-order valence-electron chi connectivity index (χ4n) is 0.518. The Hall–Kier alpha value is -0.890. The first-order valence-electron chi connectivity index (χ1n) is 2.46. The van der Waals surface area contributed by atoms with Crippen molar-refractivity contribution in [1.29, 1.82) is 5.41 Å². The molecule has 0 aliphatic heterocycles. The predicted octanol–water partition coefficient (Wildman–Crippen LogP) is 1.73. The van der Waals surface area contributed by atoms with Gasteiger partial charge in [0.2, 0.25) is 0 Å². The molecule has 0 saturated heterocycles. The normalized spacial score (nSPS) is 16.6. The zero-order chi connectivity index (χ0) is 6.69. The lowest BCUT2D eigenvalue weighted by molar-refractivity contribution is 1.53. The standard InChI is InChI=1S/C6H5ClN2/c7-9-6-3-1-5(8)2-4-6/h1-4,8H. The first-order chi connectivity index (χ1) is 4.33. The van der Waals surface area contributed by atoms with E-state index in [9.17, 15) is 0 Å². The lowest BCUT2D eigenvalue weighted by Gasteiger charge is -1.94. The molecule has 0 unspecified atom stereocenters. The largest absolute Gasteiger partial charge is 0.301 e. The molecule has 2 nitrogen and oxygen atoms in total. The van der Waals surface area contributed by atoms with Gasteiger partial charge in [-0.25, -0.2) is 0 Å². The van der Waals surface area contributed by atoms with E-state index in [0.29, 0.717) is 11.4 Å². The van der Waals surface area contributed by atoms with Gasteiger partial charge in [0, 0.05) is 11.8 Å². The third-order valence-electron chi connectivity index (χ3n) is 0.965. The second-order valence-corrected chi connectivity index (χ2v) is 1.80. The third kappa shape index (κ3) is 1.50. The maximum Gasteiger partial charge on any atom is 0.0778 e. The number of hydrogen-bond donors (Lipinski definition) is 1. The van der Waals surface area contributed by atoms with Gasteiger partial charge >= 0.3 is 0 Å². The SMILES string of the molecule is N=C1C=CC(=NCl)C=C1. The zero-order valence-corrected chi connectivity index (χ0v) is 5.39. The van der Waals surface area contributed by atoms with E-state index in [2.05, 4.69) is 4.51 Å². The first-order valence-corrected chi connectivity index (χ1v) is 2.80. The minimum Gasteiger partial charge on any atom is -0.301 e. The summed E-state index contributed by atoms with van der Waals surface area (Å²) in [6.45, 7) is 0. The molecule has 1 N–H and O–H groups in total. The van der Waals surface area contributed by atoms with Crippen molar-refractivity contribution in [1.82, 2.24) is 0 Å². The number of rotatable bonds is 0. The van der Waals surface area contributed by atoms with Crippen LogP contribution in [0.5, 0.6) is 0 Å². The van der Waals surface area contributed by atoms with Gasteiger partial charge in [-0.15, -0.1) is 0 Å². The molecule has 0 saturated carbocycles. The van der Waals surface area contributed by atoms with E-state index >= 15 is 0 Å². The molecule has 0 atom stereocenters. The van der Waals surface area contributed by atoms with Crippen molar-refractivity contribution in [2.24, 2.45) is 4.51 Å². The molecule has 1 aliphatic rings. The van der Waals surface area contributed by atoms with Gasteiger partial charge in [0.05, 0.1) is 11.4 Å². The molecule has 0 amide bonds. The highest BCUT2D eigenvalue weighted by Gasteiger charge is 1.94. The lowest BCUT2D eigenvalue weighted by Crippen LogP contribution is -1.96. The van der Waals surface area contributed by atoms with Crippen molar-refractivity contribution >= 4 is 23.2 Å². The molecule has 9 heavy (non-hydrogen) atoms. The van der Waals surface area contributed by atoms with Crippen molar-refractivity contribution in [2.45, 2.75) is 0 Å². The van der Waals surface area contributed by atoms with E-state index < -0.39 is 0 Å². The molecule has 1 rings (SSSR count).